The van der Waals surface area contributed by atoms with Gasteiger partial charge in [0.05, 0.1) is 12.0 Å². The summed E-state index contributed by atoms with van der Waals surface area (Å²) in [5.41, 5.74) is 5.65. The van der Waals surface area contributed by atoms with Gasteiger partial charge in [0.15, 0.2) is 0 Å². The average molecular weight is 316 g/mol. The first-order valence-electron chi connectivity index (χ1n) is 4.03. The Morgan fingerprint density at radius 3 is 1.65 bits per heavy atom. The van der Waals surface area contributed by atoms with Crippen molar-refractivity contribution in [3.8, 4) is 5.75 Å². The van der Waals surface area contributed by atoms with E-state index in [2.05, 4.69) is 0 Å². The van der Waals surface area contributed by atoms with Crippen molar-refractivity contribution >= 4 is 16.4 Å². The van der Waals surface area contributed by atoms with Crippen LogP contribution in [0.4, 0.5) is 0 Å². The van der Waals surface area contributed by atoms with Gasteiger partial charge in [-0.3, -0.25) is 8.42 Å². The first kappa shape index (κ1) is 26.7. The zero-order chi connectivity index (χ0) is 13.6. The van der Waals surface area contributed by atoms with Gasteiger partial charge in [0.1, 0.15) is 5.75 Å². The second-order valence-electron chi connectivity index (χ2n) is 2.80. The molecule has 11 nitrogen and oxygen atoms in total. The maximum absolute atomic E-state index is 10.3. The standard InChI is InChI=1S/C8H9NO3.3H3N.H2O4S/c9-7(8(11)12)5-1-3-6(10)4-2-5;;;;1-5(2,3)4/h1-4,7,10H,9H2,(H,11,12);3*1H3;(H2,1,2,3,4)/t7-;;;;/m1..../s1. The number of quaternary nitrogens is 3. The lowest BCUT2D eigenvalue weighted by Gasteiger charge is -2.12. The molecule has 0 heterocycles. The van der Waals surface area contributed by atoms with E-state index in [0.717, 1.165) is 0 Å². The fraction of sp³-hybridized carbons (Fsp3) is 0.125. The van der Waals surface area contributed by atoms with E-state index in [9.17, 15) is 9.90 Å². The van der Waals surface area contributed by atoms with Crippen LogP contribution in [0, 0.1) is 0 Å². The Kier molecular flexibility index (Phi) is 14.8. The largest absolute Gasteiger partial charge is 0.759 e. The minimum absolute atomic E-state index is 0. The summed E-state index contributed by atoms with van der Waals surface area (Å²) in [6, 6.07) is 4.49. The number of carboxylic acid groups (broad SMARTS) is 1. The molecule has 120 valence electrons. The predicted octanol–water partition coefficient (Wildman–Crippen LogP) is -1.07. The third kappa shape index (κ3) is 14.3. The van der Waals surface area contributed by atoms with Gasteiger partial charge >= 0.3 is 0 Å². The number of hydrogen-bond acceptors (Lipinski definition) is 8. The molecule has 1 atom stereocenters. The van der Waals surface area contributed by atoms with Crippen molar-refractivity contribution in [2.24, 2.45) is 5.73 Å². The number of benzene rings is 1. The van der Waals surface area contributed by atoms with Crippen LogP contribution in [0.5, 0.6) is 5.75 Å². The molecule has 12 heteroatoms. The molecule has 0 aliphatic rings. The second-order valence-corrected chi connectivity index (χ2v) is 3.61. The van der Waals surface area contributed by atoms with Gasteiger partial charge in [0, 0.05) is 10.4 Å². The fourth-order valence-corrected chi connectivity index (χ4v) is 0.818. The van der Waals surface area contributed by atoms with Crippen molar-refractivity contribution in [3.05, 3.63) is 29.8 Å². The molecule has 1 rings (SSSR count). The third-order valence-electron chi connectivity index (χ3n) is 1.51. The van der Waals surface area contributed by atoms with E-state index < -0.39 is 22.4 Å². The van der Waals surface area contributed by atoms with Crippen LogP contribution in [0.3, 0.4) is 0 Å². The number of carbonyl (C=O) groups excluding carboxylic acids is 1. The molecule has 0 bridgehead atoms. The van der Waals surface area contributed by atoms with Gasteiger partial charge in [-0.15, -0.1) is 0 Å². The summed E-state index contributed by atoms with van der Waals surface area (Å²) in [4.78, 5) is 10.3. The highest BCUT2D eigenvalue weighted by atomic mass is 32.3. The van der Waals surface area contributed by atoms with E-state index in [4.69, 9.17) is 28.4 Å². The Labute approximate surface area is 115 Å². The van der Waals surface area contributed by atoms with E-state index in [0.29, 0.717) is 5.56 Å². The first-order chi connectivity index (χ1) is 7.61. The molecule has 0 aliphatic carbocycles. The molecule has 0 unspecified atom stereocenters. The first-order valence-corrected chi connectivity index (χ1v) is 5.36. The molecule has 0 saturated carbocycles. The molecule has 0 spiro atoms. The van der Waals surface area contributed by atoms with Crippen molar-refractivity contribution in [1.82, 2.24) is 18.5 Å². The molecule has 15 N–H and O–H groups in total. The number of rotatable bonds is 2. The van der Waals surface area contributed by atoms with Crippen LogP contribution in [0.2, 0.25) is 0 Å². The highest BCUT2D eigenvalue weighted by Gasteiger charge is 2.05. The number of aromatic hydroxyl groups is 1. The third-order valence-corrected chi connectivity index (χ3v) is 1.51. The molecule has 0 radical (unpaired) electrons. The minimum Gasteiger partial charge on any atom is -0.759 e. The summed E-state index contributed by atoms with van der Waals surface area (Å²) in [5.74, 6) is -1.26. The number of carboxylic acids is 1. The number of phenolic OH excluding ortho intramolecular Hbond substituents is 1. The van der Waals surface area contributed by atoms with E-state index in [-0.39, 0.29) is 24.2 Å². The lowest BCUT2D eigenvalue weighted by Crippen LogP contribution is -2.34. The zero-order valence-corrected chi connectivity index (χ0v) is 12.1. The van der Waals surface area contributed by atoms with Crippen LogP contribution in [-0.2, 0) is 15.2 Å². The van der Waals surface area contributed by atoms with Gasteiger partial charge in [0.25, 0.3) is 0 Å². The quantitative estimate of drug-likeness (QED) is 0.329. The van der Waals surface area contributed by atoms with Crippen LogP contribution < -0.4 is 29.3 Å². The Morgan fingerprint density at radius 1 is 1.10 bits per heavy atom. The summed E-state index contributed by atoms with van der Waals surface area (Å²) in [5, 5.41) is 19.2. The molecule has 20 heavy (non-hydrogen) atoms. The van der Waals surface area contributed by atoms with E-state index in [1.165, 1.54) is 24.3 Å². The highest BCUT2D eigenvalue weighted by molar-refractivity contribution is 7.79. The van der Waals surface area contributed by atoms with Gasteiger partial charge < -0.3 is 48.3 Å². The number of hydrogen-bond donors (Lipinski definition) is 5. The summed E-state index contributed by atoms with van der Waals surface area (Å²) < 4.78 is 34.1. The Balaban J connectivity index is -0.000000141. The van der Waals surface area contributed by atoms with Crippen molar-refractivity contribution < 1.29 is 32.5 Å². The van der Waals surface area contributed by atoms with E-state index in [1.807, 2.05) is 0 Å². The number of phenols is 1. The average Bonchev–Trinajstić information content (AvgIpc) is 2.15. The highest BCUT2D eigenvalue weighted by Crippen LogP contribution is 2.14. The Morgan fingerprint density at radius 2 is 1.40 bits per heavy atom. The summed E-state index contributed by atoms with van der Waals surface area (Å²) >= 11 is 0. The van der Waals surface area contributed by atoms with Crippen LogP contribution in [0.15, 0.2) is 24.3 Å². The lowest BCUT2D eigenvalue weighted by molar-refractivity contribution is -0.307. The van der Waals surface area contributed by atoms with E-state index >= 15 is 0 Å². The summed E-state index contributed by atoms with van der Waals surface area (Å²) in [6.45, 7) is 0. The molecule has 0 aliphatic heterocycles. The second kappa shape index (κ2) is 11.1. The summed E-state index contributed by atoms with van der Waals surface area (Å²) in [6.07, 6.45) is 0. The van der Waals surface area contributed by atoms with Gasteiger partial charge in [0.2, 0.25) is 0 Å². The smallest absolute Gasteiger partial charge is 0.115 e. The van der Waals surface area contributed by atoms with Crippen LogP contribution in [0.1, 0.15) is 11.6 Å². The van der Waals surface area contributed by atoms with Gasteiger partial charge in [-0.25, -0.2) is 0 Å². The maximum Gasteiger partial charge on any atom is 0.115 e. The van der Waals surface area contributed by atoms with Gasteiger partial charge in [-0.05, 0) is 17.7 Å². The monoisotopic (exact) mass is 316 g/mol. The SMILES string of the molecule is N[C@@H](C(=O)[O-])c1ccc(O)cc1.O=S(=O)([O-])[O-].[NH4+].[NH4+].[NH4+]. The molecular formula is C8H20N4O7S. The number of nitrogens with two attached hydrogens (primary N) is 1. The lowest BCUT2D eigenvalue weighted by atomic mass is 10.1. The molecular weight excluding hydrogens is 296 g/mol. The zero-order valence-electron chi connectivity index (χ0n) is 11.3. The molecule has 0 saturated heterocycles. The topological polar surface area (TPSA) is 276 Å². The maximum atomic E-state index is 10.3. The van der Waals surface area contributed by atoms with E-state index in [1.54, 1.807) is 0 Å². The van der Waals surface area contributed by atoms with Crippen LogP contribution in [0.25, 0.3) is 0 Å². The normalized spacial score (nSPS) is 10.3. The van der Waals surface area contributed by atoms with Gasteiger partial charge in [-0.2, -0.15) is 0 Å². The fourth-order valence-electron chi connectivity index (χ4n) is 0.818. The molecule has 1 aromatic rings. The Hall–Kier alpha value is -1.80. The van der Waals surface area contributed by atoms with Crippen molar-refractivity contribution in [3.63, 3.8) is 0 Å². The van der Waals surface area contributed by atoms with Gasteiger partial charge in [-0.1, -0.05) is 12.1 Å². The van der Waals surface area contributed by atoms with Crippen LogP contribution >= 0.6 is 0 Å². The number of carbonyl (C=O) groups is 1. The molecule has 0 aromatic heterocycles. The van der Waals surface area contributed by atoms with Crippen LogP contribution in [-0.4, -0.2) is 28.6 Å². The Bertz CT molecular complexity index is 468. The molecule has 1 aromatic carbocycles. The minimum atomic E-state index is -5.17. The molecule has 0 fully saturated rings. The van der Waals surface area contributed by atoms with Crippen molar-refractivity contribution in [1.29, 1.82) is 0 Å². The van der Waals surface area contributed by atoms with Crippen molar-refractivity contribution in [2.45, 2.75) is 6.04 Å². The number of aliphatic carboxylic acids is 1. The summed E-state index contributed by atoms with van der Waals surface area (Å²) in [7, 11) is -5.17. The molecule has 0 amide bonds. The van der Waals surface area contributed by atoms with Crippen molar-refractivity contribution in [2.75, 3.05) is 0 Å². The predicted molar refractivity (Wildman–Crippen MR) is 68.5 cm³/mol.